The Labute approximate surface area is 103 Å². The van der Waals surface area contributed by atoms with E-state index in [1.54, 1.807) is 12.3 Å². The van der Waals surface area contributed by atoms with Crippen molar-refractivity contribution in [3.05, 3.63) is 53.5 Å². The molecule has 2 rings (SSSR count). The van der Waals surface area contributed by atoms with E-state index in [0.717, 1.165) is 23.8 Å². The molecule has 0 saturated heterocycles. The van der Waals surface area contributed by atoms with Gasteiger partial charge in [0.15, 0.2) is 11.6 Å². The summed E-state index contributed by atoms with van der Waals surface area (Å²) >= 11 is 0. The monoisotopic (exact) mass is 253 g/mol. The van der Waals surface area contributed by atoms with Gasteiger partial charge in [0.05, 0.1) is 6.26 Å². The second kappa shape index (κ2) is 5.64. The first-order valence-corrected chi connectivity index (χ1v) is 5.48. The van der Waals surface area contributed by atoms with Gasteiger partial charge in [0.25, 0.3) is 0 Å². The molecule has 3 nitrogen and oxygen atoms in total. The quantitative estimate of drug-likeness (QED) is 0.889. The van der Waals surface area contributed by atoms with Gasteiger partial charge in [-0.2, -0.15) is 0 Å². The van der Waals surface area contributed by atoms with Crippen LogP contribution in [0.3, 0.4) is 0 Å². The van der Waals surface area contributed by atoms with Gasteiger partial charge in [-0.25, -0.2) is 8.78 Å². The number of halogens is 2. The normalized spacial score (nSPS) is 10.6. The van der Waals surface area contributed by atoms with Crippen LogP contribution in [0, 0.1) is 11.6 Å². The van der Waals surface area contributed by atoms with Crippen molar-refractivity contribution in [3.8, 4) is 5.75 Å². The van der Waals surface area contributed by atoms with E-state index < -0.39 is 11.6 Å². The van der Waals surface area contributed by atoms with Crippen LogP contribution in [0.1, 0.15) is 11.3 Å². The number of hydrogen-bond donors (Lipinski definition) is 1. The van der Waals surface area contributed by atoms with Crippen LogP contribution < -0.4 is 10.1 Å². The summed E-state index contributed by atoms with van der Waals surface area (Å²) in [7, 11) is 1.82. The highest BCUT2D eigenvalue weighted by atomic mass is 19.1. The van der Waals surface area contributed by atoms with Crippen molar-refractivity contribution in [2.24, 2.45) is 0 Å². The summed E-state index contributed by atoms with van der Waals surface area (Å²) in [5.41, 5.74) is 0.968. The fourth-order valence-corrected chi connectivity index (χ4v) is 1.54. The number of benzene rings is 1. The lowest BCUT2D eigenvalue weighted by atomic mass is 10.3. The van der Waals surface area contributed by atoms with Gasteiger partial charge in [-0.1, -0.05) is 0 Å². The van der Waals surface area contributed by atoms with Crippen LogP contribution in [-0.4, -0.2) is 7.05 Å². The molecule has 96 valence electrons. The lowest BCUT2D eigenvalue weighted by Gasteiger charge is -2.05. The van der Waals surface area contributed by atoms with Crippen LogP contribution in [0.25, 0.3) is 0 Å². The van der Waals surface area contributed by atoms with Crippen LogP contribution in [-0.2, 0) is 13.2 Å². The Kier molecular flexibility index (Phi) is 3.94. The fourth-order valence-electron chi connectivity index (χ4n) is 1.54. The van der Waals surface area contributed by atoms with Gasteiger partial charge in [-0.3, -0.25) is 0 Å². The van der Waals surface area contributed by atoms with E-state index in [1.807, 2.05) is 7.05 Å². The molecule has 1 aromatic carbocycles. The third kappa shape index (κ3) is 3.07. The molecule has 0 atom stereocenters. The van der Waals surface area contributed by atoms with E-state index in [1.165, 1.54) is 0 Å². The van der Waals surface area contributed by atoms with Crippen LogP contribution in [0.2, 0.25) is 0 Å². The summed E-state index contributed by atoms with van der Waals surface area (Å²) < 4.78 is 36.6. The first-order chi connectivity index (χ1) is 8.69. The van der Waals surface area contributed by atoms with Gasteiger partial charge in [0.2, 0.25) is 0 Å². The molecule has 1 aromatic heterocycles. The molecule has 0 aliphatic carbocycles. The zero-order chi connectivity index (χ0) is 13.0. The van der Waals surface area contributed by atoms with E-state index in [0.29, 0.717) is 12.3 Å². The SMILES string of the molecule is CNCc1coc(COc2cc(F)ccc2F)c1. The molecule has 0 bridgehead atoms. The number of rotatable bonds is 5. The zero-order valence-corrected chi connectivity index (χ0v) is 9.87. The van der Waals surface area contributed by atoms with Crippen molar-refractivity contribution in [3.63, 3.8) is 0 Å². The van der Waals surface area contributed by atoms with Crippen LogP contribution in [0.4, 0.5) is 8.78 Å². The van der Waals surface area contributed by atoms with E-state index >= 15 is 0 Å². The van der Waals surface area contributed by atoms with Crippen LogP contribution >= 0.6 is 0 Å². The first-order valence-electron chi connectivity index (χ1n) is 5.48. The highest BCUT2D eigenvalue weighted by molar-refractivity contribution is 5.25. The van der Waals surface area contributed by atoms with E-state index in [9.17, 15) is 8.78 Å². The third-order valence-corrected chi connectivity index (χ3v) is 2.35. The van der Waals surface area contributed by atoms with Crippen molar-refractivity contribution < 1.29 is 17.9 Å². The maximum atomic E-state index is 13.3. The van der Waals surface area contributed by atoms with Crippen molar-refractivity contribution in [2.45, 2.75) is 13.2 Å². The zero-order valence-electron chi connectivity index (χ0n) is 9.87. The summed E-state index contributed by atoms with van der Waals surface area (Å²) in [6.45, 7) is 0.738. The minimum atomic E-state index is -0.599. The number of nitrogens with one attached hydrogen (secondary N) is 1. The molecule has 0 radical (unpaired) electrons. The van der Waals surface area contributed by atoms with Crippen molar-refractivity contribution in [1.82, 2.24) is 5.32 Å². The predicted octanol–water partition coefficient (Wildman–Crippen LogP) is 2.86. The van der Waals surface area contributed by atoms with Crippen molar-refractivity contribution in [2.75, 3.05) is 7.05 Å². The van der Waals surface area contributed by atoms with Gasteiger partial charge >= 0.3 is 0 Å². The molecule has 0 aliphatic rings. The Morgan fingerprint density at radius 2 is 2.11 bits per heavy atom. The minimum absolute atomic E-state index is 0.0596. The van der Waals surface area contributed by atoms with E-state index in [2.05, 4.69) is 5.32 Å². The standard InChI is InChI=1S/C13H13F2NO2/c1-16-6-9-4-11(17-7-9)8-18-13-5-10(14)2-3-12(13)15/h2-5,7,16H,6,8H2,1H3. The molecule has 0 aliphatic heterocycles. The Morgan fingerprint density at radius 3 is 2.89 bits per heavy atom. The van der Waals surface area contributed by atoms with Gasteiger partial charge in [0.1, 0.15) is 18.2 Å². The second-order valence-electron chi connectivity index (χ2n) is 3.82. The maximum Gasteiger partial charge on any atom is 0.165 e. The molecule has 0 fully saturated rings. The fraction of sp³-hybridized carbons (Fsp3) is 0.231. The Bertz CT molecular complexity index is 525. The molecular weight excluding hydrogens is 240 g/mol. The van der Waals surface area contributed by atoms with Gasteiger partial charge < -0.3 is 14.5 Å². The maximum absolute atomic E-state index is 13.3. The van der Waals surface area contributed by atoms with E-state index in [4.69, 9.17) is 9.15 Å². The molecule has 1 N–H and O–H groups in total. The highest BCUT2D eigenvalue weighted by Gasteiger charge is 2.07. The molecular formula is C13H13F2NO2. The highest BCUT2D eigenvalue weighted by Crippen LogP contribution is 2.19. The Balaban J connectivity index is 1.99. The second-order valence-corrected chi connectivity index (χ2v) is 3.82. The molecule has 2 aromatic rings. The minimum Gasteiger partial charge on any atom is -0.482 e. The molecule has 0 spiro atoms. The smallest absolute Gasteiger partial charge is 0.165 e. The molecule has 0 saturated carbocycles. The number of furan rings is 1. The number of hydrogen-bond acceptors (Lipinski definition) is 3. The first kappa shape index (κ1) is 12.6. The lowest BCUT2D eigenvalue weighted by molar-refractivity contribution is 0.257. The van der Waals surface area contributed by atoms with Crippen LogP contribution in [0.15, 0.2) is 34.9 Å². The van der Waals surface area contributed by atoms with Crippen molar-refractivity contribution in [1.29, 1.82) is 0 Å². The average molecular weight is 253 g/mol. The summed E-state index contributed by atoms with van der Waals surface area (Å²) in [5, 5.41) is 2.98. The topological polar surface area (TPSA) is 34.4 Å². The molecule has 0 amide bonds. The molecule has 1 heterocycles. The summed E-state index contributed by atoms with van der Waals surface area (Å²) in [5.74, 6) is -0.703. The van der Waals surface area contributed by atoms with Crippen molar-refractivity contribution >= 4 is 0 Å². The average Bonchev–Trinajstić information content (AvgIpc) is 2.79. The third-order valence-electron chi connectivity index (χ3n) is 2.35. The Morgan fingerprint density at radius 1 is 1.28 bits per heavy atom. The number of ether oxygens (including phenoxy) is 1. The summed E-state index contributed by atoms with van der Waals surface area (Å²) in [4.78, 5) is 0. The van der Waals surface area contributed by atoms with Crippen LogP contribution in [0.5, 0.6) is 5.75 Å². The largest absolute Gasteiger partial charge is 0.482 e. The van der Waals surface area contributed by atoms with Gasteiger partial charge in [-0.15, -0.1) is 0 Å². The van der Waals surface area contributed by atoms with Gasteiger partial charge in [0, 0.05) is 18.2 Å². The Hall–Kier alpha value is -1.88. The summed E-state index contributed by atoms with van der Waals surface area (Å²) in [6.07, 6.45) is 1.59. The molecule has 18 heavy (non-hydrogen) atoms. The molecule has 5 heteroatoms. The lowest BCUT2D eigenvalue weighted by Crippen LogP contribution is -2.03. The van der Waals surface area contributed by atoms with Gasteiger partial charge in [-0.05, 0) is 25.2 Å². The summed E-state index contributed by atoms with van der Waals surface area (Å²) in [6, 6.07) is 4.87. The predicted molar refractivity (Wildman–Crippen MR) is 62.2 cm³/mol. The van der Waals surface area contributed by atoms with E-state index in [-0.39, 0.29) is 12.4 Å². The molecule has 0 unspecified atom stereocenters.